The molecule has 2 rings (SSSR count). The molecule has 0 fully saturated rings. The van der Waals surface area contributed by atoms with Gasteiger partial charge in [0, 0.05) is 17.3 Å². The van der Waals surface area contributed by atoms with E-state index in [0.717, 1.165) is 23.4 Å². The number of phenols is 2. The summed E-state index contributed by atoms with van der Waals surface area (Å²) in [4.78, 5) is 0. The smallest absolute Gasteiger partial charge is 0.124 e. The monoisotopic (exact) mass is 287 g/mol. The van der Waals surface area contributed by atoms with Gasteiger partial charge in [-0.25, -0.2) is 0 Å². The van der Waals surface area contributed by atoms with Crippen LogP contribution in [-0.2, 0) is 0 Å². The lowest BCUT2D eigenvalue weighted by Gasteiger charge is -2.17. The Balaban J connectivity index is 2.03. The topological polar surface area (TPSA) is 61.7 Å². The molecule has 1 unspecified atom stereocenters. The van der Waals surface area contributed by atoms with E-state index in [4.69, 9.17) is 4.74 Å². The number of ether oxygens (including phenoxy) is 1. The first-order chi connectivity index (χ1) is 10.1. The van der Waals surface area contributed by atoms with E-state index in [2.05, 4.69) is 12.2 Å². The molecule has 0 saturated heterocycles. The van der Waals surface area contributed by atoms with Crippen LogP contribution in [0.2, 0.25) is 0 Å². The van der Waals surface area contributed by atoms with Gasteiger partial charge in [0.1, 0.15) is 17.2 Å². The Bertz CT molecular complexity index is 581. The van der Waals surface area contributed by atoms with Gasteiger partial charge in [0.05, 0.1) is 12.6 Å². The molecule has 1 atom stereocenters. The van der Waals surface area contributed by atoms with Crippen molar-refractivity contribution in [2.24, 2.45) is 0 Å². The van der Waals surface area contributed by atoms with Crippen molar-refractivity contribution < 1.29 is 14.9 Å². The molecule has 0 amide bonds. The van der Waals surface area contributed by atoms with Gasteiger partial charge >= 0.3 is 0 Å². The third-order valence-electron chi connectivity index (χ3n) is 3.19. The van der Waals surface area contributed by atoms with Crippen LogP contribution in [0.25, 0.3) is 0 Å². The van der Waals surface area contributed by atoms with E-state index in [9.17, 15) is 10.2 Å². The first kappa shape index (κ1) is 15.0. The van der Waals surface area contributed by atoms with E-state index in [1.54, 1.807) is 12.1 Å². The minimum atomic E-state index is -0.0759. The molecule has 4 nitrogen and oxygen atoms in total. The van der Waals surface area contributed by atoms with Gasteiger partial charge in [0.2, 0.25) is 0 Å². The number of hydrogen-bond donors (Lipinski definition) is 3. The number of rotatable bonds is 6. The van der Waals surface area contributed by atoms with Crippen LogP contribution in [0.4, 0.5) is 5.69 Å². The fourth-order valence-corrected chi connectivity index (χ4v) is 2.09. The average molecular weight is 287 g/mol. The van der Waals surface area contributed by atoms with Crippen molar-refractivity contribution >= 4 is 5.69 Å². The molecule has 112 valence electrons. The van der Waals surface area contributed by atoms with Gasteiger partial charge in [-0.05, 0) is 49.7 Å². The normalized spacial score (nSPS) is 11.9. The zero-order valence-corrected chi connectivity index (χ0v) is 12.3. The molecule has 0 aliphatic carbocycles. The van der Waals surface area contributed by atoms with Gasteiger partial charge in [0.25, 0.3) is 0 Å². The summed E-state index contributed by atoms with van der Waals surface area (Å²) in [6.07, 6.45) is 0.983. The van der Waals surface area contributed by atoms with Crippen LogP contribution < -0.4 is 10.1 Å². The molecule has 0 saturated carbocycles. The summed E-state index contributed by atoms with van der Waals surface area (Å²) >= 11 is 0. The quantitative estimate of drug-likeness (QED) is 0.749. The summed E-state index contributed by atoms with van der Waals surface area (Å²) in [5.41, 5.74) is 1.68. The van der Waals surface area contributed by atoms with Gasteiger partial charge < -0.3 is 20.3 Å². The Morgan fingerprint density at radius 2 is 1.81 bits per heavy atom. The Hall–Kier alpha value is -2.36. The van der Waals surface area contributed by atoms with Gasteiger partial charge in [0.15, 0.2) is 0 Å². The number of anilines is 1. The van der Waals surface area contributed by atoms with E-state index in [1.165, 1.54) is 6.07 Å². The third-order valence-corrected chi connectivity index (χ3v) is 3.19. The Morgan fingerprint density at radius 3 is 2.43 bits per heavy atom. The van der Waals surface area contributed by atoms with Gasteiger partial charge in [-0.2, -0.15) is 0 Å². The Kier molecular flexibility index (Phi) is 4.93. The van der Waals surface area contributed by atoms with E-state index < -0.39 is 0 Å². The molecule has 0 aliphatic rings. The first-order valence-corrected chi connectivity index (χ1v) is 7.11. The molecular weight excluding hydrogens is 266 g/mol. The molecule has 2 aromatic carbocycles. The number of benzene rings is 2. The summed E-state index contributed by atoms with van der Waals surface area (Å²) in [7, 11) is 0. The molecule has 0 heterocycles. The molecule has 0 spiro atoms. The molecule has 0 aromatic heterocycles. The van der Waals surface area contributed by atoms with E-state index >= 15 is 0 Å². The maximum atomic E-state index is 9.86. The predicted octanol–water partition coefficient (Wildman–Crippen LogP) is 4.06. The summed E-state index contributed by atoms with van der Waals surface area (Å²) in [6.45, 7) is 4.74. The zero-order valence-electron chi connectivity index (χ0n) is 12.3. The minimum absolute atomic E-state index is 0.0564. The lowest BCUT2D eigenvalue weighted by Crippen LogP contribution is -2.06. The van der Waals surface area contributed by atoms with Crippen molar-refractivity contribution in [1.82, 2.24) is 0 Å². The second-order valence-corrected chi connectivity index (χ2v) is 4.98. The third kappa shape index (κ3) is 4.05. The van der Waals surface area contributed by atoms with Crippen molar-refractivity contribution in [2.75, 3.05) is 11.9 Å². The fraction of sp³-hybridized carbons (Fsp3) is 0.294. The number of aromatic hydroxyl groups is 2. The van der Waals surface area contributed by atoms with Crippen molar-refractivity contribution in [1.29, 1.82) is 0 Å². The van der Waals surface area contributed by atoms with Crippen LogP contribution in [0, 0.1) is 0 Å². The van der Waals surface area contributed by atoms with Crippen molar-refractivity contribution in [3.63, 3.8) is 0 Å². The van der Waals surface area contributed by atoms with Crippen LogP contribution >= 0.6 is 0 Å². The van der Waals surface area contributed by atoms with E-state index in [1.807, 2.05) is 31.2 Å². The number of phenolic OH excluding ortho intramolecular Hbond substituents is 2. The highest BCUT2D eigenvalue weighted by Gasteiger charge is 2.10. The second kappa shape index (κ2) is 6.88. The van der Waals surface area contributed by atoms with Crippen LogP contribution in [0.5, 0.6) is 17.2 Å². The fourth-order valence-electron chi connectivity index (χ4n) is 2.09. The molecule has 2 aromatic rings. The zero-order chi connectivity index (χ0) is 15.2. The predicted molar refractivity (Wildman–Crippen MR) is 84.0 cm³/mol. The van der Waals surface area contributed by atoms with Crippen molar-refractivity contribution in [2.45, 2.75) is 26.3 Å². The van der Waals surface area contributed by atoms with Crippen molar-refractivity contribution in [3.05, 3.63) is 48.0 Å². The largest absolute Gasteiger partial charge is 0.508 e. The van der Waals surface area contributed by atoms with Crippen LogP contribution in [0.3, 0.4) is 0 Å². The highest BCUT2D eigenvalue weighted by molar-refractivity contribution is 5.50. The summed E-state index contributed by atoms with van der Waals surface area (Å²) < 4.78 is 5.54. The standard InChI is InChI=1S/C17H21NO3/c1-3-10-21-15-7-4-13(5-8-15)18-12(2)16-9-6-14(19)11-17(16)20/h4-9,11-12,18-20H,3,10H2,1-2H3. The number of nitrogens with one attached hydrogen (secondary N) is 1. The van der Waals surface area contributed by atoms with Crippen molar-refractivity contribution in [3.8, 4) is 17.2 Å². The Morgan fingerprint density at radius 1 is 1.10 bits per heavy atom. The van der Waals surface area contributed by atoms with Gasteiger partial charge in [-0.3, -0.25) is 0 Å². The summed E-state index contributed by atoms with van der Waals surface area (Å²) in [5, 5.41) is 22.5. The van der Waals surface area contributed by atoms with E-state index in [0.29, 0.717) is 6.61 Å². The number of hydrogen-bond acceptors (Lipinski definition) is 4. The molecule has 21 heavy (non-hydrogen) atoms. The first-order valence-electron chi connectivity index (χ1n) is 7.11. The van der Waals surface area contributed by atoms with Crippen LogP contribution in [0.1, 0.15) is 31.9 Å². The Labute approximate surface area is 125 Å². The maximum Gasteiger partial charge on any atom is 0.124 e. The molecular formula is C17H21NO3. The lowest BCUT2D eigenvalue weighted by molar-refractivity contribution is 0.317. The summed E-state index contributed by atoms with van der Waals surface area (Å²) in [5.74, 6) is 0.987. The highest BCUT2D eigenvalue weighted by Crippen LogP contribution is 2.30. The van der Waals surface area contributed by atoms with Crippen LogP contribution in [0.15, 0.2) is 42.5 Å². The minimum Gasteiger partial charge on any atom is -0.508 e. The van der Waals surface area contributed by atoms with Gasteiger partial charge in [-0.15, -0.1) is 0 Å². The summed E-state index contributed by atoms with van der Waals surface area (Å²) in [6, 6.07) is 12.3. The van der Waals surface area contributed by atoms with Crippen LogP contribution in [-0.4, -0.2) is 16.8 Å². The SMILES string of the molecule is CCCOc1ccc(NC(C)c2ccc(O)cc2O)cc1. The maximum absolute atomic E-state index is 9.86. The molecule has 0 bridgehead atoms. The molecule has 3 N–H and O–H groups in total. The second-order valence-electron chi connectivity index (χ2n) is 4.98. The lowest BCUT2D eigenvalue weighted by atomic mass is 10.1. The molecule has 0 radical (unpaired) electrons. The van der Waals surface area contributed by atoms with Gasteiger partial charge in [-0.1, -0.05) is 6.92 Å². The van der Waals surface area contributed by atoms with E-state index in [-0.39, 0.29) is 17.5 Å². The molecule has 0 aliphatic heterocycles. The average Bonchev–Trinajstić information content (AvgIpc) is 2.46. The molecule has 4 heteroatoms. The highest BCUT2D eigenvalue weighted by atomic mass is 16.5.